The van der Waals surface area contributed by atoms with Gasteiger partial charge in [-0.1, -0.05) is 18.2 Å². The van der Waals surface area contributed by atoms with Crippen LogP contribution in [0, 0.1) is 5.92 Å². The third kappa shape index (κ3) is 3.72. The molecule has 0 spiro atoms. The number of nitrogens with zero attached hydrogens (tertiary/aromatic N) is 2. The van der Waals surface area contributed by atoms with Gasteiger partial charge in [0.1, 0.15) is 11.8 Å². The van der Waals surface area contributed by atoms with Crippen LogP contribution in [0.15, 0.2) is 42.5 Å². The maximum atomic E-state index is 6.17. The fourth-order valence-electron chi connectivity index (χ4n) is 4.41. The van der Waals surface area contributed by atoms with Gasteiger partial charge >= 0.3 is 0 Å². The summed E-state index contributed by atoms with van der Waals surface area (Å²) in [5, 5.41) is 0. The maximum absolute atomic E-state index is 6.17. The van der Waals surface area contributed by atoms with Gasteiger partial charge in [0, 0.05) is 24.9 Å². The van der Waals surface area contributed by atoms with Crippen molar-refractivity contribution in [2.75, 3.05) is 40.0 Å². The number of hydrogen-bond acceptors (Lipinski definition) is 5. The molecule has 0 saturated carbocycles. The number of piperidine rings is 1. The molecule has 1 aromatic heterocycles. The average molecular weight is 385 g/mol. The summed E-state index contributed by atoms with van der Waals surface area (Å²) in [5.74, 6) is 2.68. The van der Waals surface area contributed by atoms with Crippen LogP contribution >= 0.6 is 0 Å². The Labute approximate surface area is 166 Å². The molecule has 4 rings (SSSR count). The number of nitrogens with two attached hydrogens (primary N) is 1. The highest BCUT2D eigenvalue weighted by Crippen LogP contribution is 2.41. The molecule has 2 aliphatic heterocycles. The monoisotopic (exact) mass is 384 g/mol. The van der Waals surface area contributed by atoms with Crippen molar-refractivity contribution in [2.45, 2.75) is 25.4 Å². The SMILES string of the molecule is COc1ccc([N+]2(c3ccccc3)CCCC(CN)C2)nc1OC1CCOC1. The lowest BCUT2D eigenvalue weighted by Gasteiger charge is -2.42. The smallest absolute Gasteiger partial charge is 0.262 e. The molecule has 2 fully saturated rings. The molecule has 0 radical (unpaired) electrons. The van der Waals surface area contributed by atoms with E-state index in [1.807, 2.05) is 6.07 Å². The fraction of sp³-hybridized carbons (Fsp3) is 0.500. The number of benzene rings is 1. The first-order chi connectivity index (χ1) is 13.7. The Hall–Kier alpha value is -2.15. The van der Waals surface area contributed by atoms with Crippen LogP contribution in [-0.2, 0) is 4.74 Å². The minimum absolute atomic E-state index is 0.0278. The third-order valence-corrected chi connectivity index (χ3v) is 5.94. The van der Waals surface area contributed by atoms with E-state index in [-0.39, 0.29) is 6.10 Å². The molecular weight excluding hydrogens is 354 g/mol. The minimum atomic E-state index is 0.0278. The molecule has 0 aliphatic carbocycles. The van der Waals surface area contributed by atoms with E-state index in [0.29, 0.717) is 35.2 Å². The van der Waals surface area contributed by atoms with Gasteiger partial charge in [-0.3, -0.25) is 0 Å². The number of para-hydroxylation sites is 1. The van der Waals surface area contributed by atoms with Crippen molar-refractivity contribution in [3.05, 3.63) is 42.5 Å². The van der Waals surface area contributed by atoms with Crippen molar-refractivity contribution in [1.82, 2.24) is 9.47 Å². The summed E-state index contributed by atoms with van der Waals surface area (Å²) < 4.78 is 17.8. The second kappa shape index (κ2) is 8.47. The van der Waals surface area contributed by atoms with Gasteiger partial charge in [0.15, 0.2) is 5.75 Å². The summed E-state index contributed by atoms with van der Waals surface area (Å²) in [6.45, 7) is 3.99. The highest BCUT2D eigenvalue weighted by atomic mass is 16.6. The predicted octanol–water partition coefficient (Wildman–Crippen LogP) is 3.27. The van der Waals surface area contributed by atoms with Crippen LogP contribution < -0.4 is 19.7 Å². The van der Waals surface area contributed by atoms with Crippen LogP contribution in [0.2, 0.25) is 0 Å². The van der Waals surface area contributed by atoms with E-state index in [0.717, 1.165) is 38.4 Å². The normalized spacial score (nSPS) is 27.5. The van der Waals surface area contributed by atoms with E-state index >= 15 is 0 Å². The minimum Gasteiger partial charge on any atom is -0.491 e. The van der Waals surface area contributed by atoms with Gasteiger partial charge in [0.05, 0.1) is 33.4 Å². The Kier molecular flexibility index (Phi) is 5.80. The summed E-state index contributed by atoms with van der Waals surface area (Å²) in [7, 11) is 1.65. The fourth-order valence-corrected chi connectivity index (χ4v) is 4.41. The lowest BCUT2D eigenvalue weighted by Crippen LogP contribution is -2.53. The standard InChI is InChI=1S/C22H30N3O3/c1-26-20-9-10-21(24-22(20)28-19-11-13-27-16-19)25(18-7-3-2-4-8-18)12-5-6-17(14-23)15-25/h2-4,7-10,17,19H,5-6,11-16,23H2,1H3/q+1. The van der Waals surface area contributed by atoms with E-state index in [9.17, 15) is 0 Å². The molecule has 0 amide bonds. The van der Waals surface area contributed by atoms with Gasteiger partial charge in [-0.2, -0.15) is 4.98 Å². The van der Waals surface area contributed by atoms with E-state index < -0.39 is 0 Å². The number of pyridine rings is 1. The number of aromatic nitrogens is 1. The Morgan fingerprint density at radius 2 is 2.04 bits per heavy atom. The first-order valence-corrected chi connectivity index (χ1v) is 10.2. The summed E-state index contributed by atoms with van der Waals surface area (Å²) >= 11 is 0. The number of hydrogen-bond donors (Lipinski definition) is 1. The highest BCUT2D eigenvalue weighted by Gasteiger charge is 2.40. The summed E-state index contributed by atoms with van der Waals surface area (Å²) in [6, 6.07) is 14.7. The van der Waals surface area contributed by atoms with E-state index in [1.54, 1.807) is 7.11 Å². The molecule has 0 bridgehead atoms. The molecule has 3 heterocycles. The summed E-state index contributed by atoms with van der Waals surface area (Å²) in [6.07, 6.45) is 3.20. The van der Waals surface area contributed by atoms with Crippen molar-refractivity contribution < 1.29 is 14.2 Å². The zero-order valence-corrected chi connectivity index (χ0v) is 16.5. The number of quaternary nitrogens is 1. The van der Waals surface area contributed by atoms with Gasteiger partial charge in [0.25, 0.3) is 5.88 Å². The predicted molar refractivity (Wildman–Crippen MR) is 110 cm³/mol. The Morgan fingerprint density at radius 1 is 1.18 bits per heavy atom. The highest BCUT2D eigenvalue weighted by molar-refractivity contribution is 5.57. The Bertz CT molecular complexity index is 780. The van der Waals surface area contributed by atoms with E-state index in [2.05, 4.69) is 36.4 Å². The molecule has 3 atom stereocenters. The zero-order valence-electron chi connectivity index (χ0n) is 16.5. The second-order valence-corrected chi connectivity index (χ2v) is 7.73. The zero-order chi connectivity index (χ0) is 19.4. The lowest BCUT2D eigenvalue weighted by atomic mass is 9.94. The first-order valence-electron chi connectivity index (χ1n) is 10.2. The van der Waals surface area contributed by atoms with E-state index in [4.69, 9.17) is 24.9 Å². The van der Waals surface area contributed by atoms with Crippen molar-refractivity contribution in [1.29, 1.82) is 0 Å². The maximum Gasteiger partial charge on any atom is 0.262 e. The van der Waals surface area contributed by atoms with Crippen LogP contribution in [0.5, 0.6) is 11.6 Å². The van der Waals surface area contributed by atoms with Crippen LogP contribution in [0.1, 0.15) is 19.3 Å². The van der Waals surface area contributed by atoms with Crippen LogP contribution in [-0.4, -0.2) is 51.0 Å². The lowest BCUT2D eigenvalue weighted by molar-refractivity contribution is 0.134. The Balaban J connectivity index is 1.75. The first kappa shape index (κ1) is 19.2. The molecule has 2 saturated heterocycles. The number of rotatable bonds is 6. The molecule has 2 aromatic rings. The molecule has 6 heteroatoms. The van der Waals surface area contributed by atoms with E-state index in [1.165, 1.54) is 12.1 Å². The van der Waals surface area contributed by atoms with Gasteiger partial charge in [0.2, 0.25) is 5.82 Å². The van der Waals surface area contributed by atoms with Crippen molar-refractivity contribution in [3.63, 3.8) is 0 Å². The molecule has 6 nitrogen and oxygen atoms in total. The average Bonchev–Trinajstić information content (AvgIpc) is 3.27. The Morgan fingerprint density at radius 3 is 2.75 bits per heavy atom. The van der Waals surface area contributed by atoms with Crippen LogP contribution in [0.3, 0.4) is 0 Å². The van der Waals surface area contributed by atoms with Gasteiger partial charge in [-0.25, -0.2) is 4.48 Å². The largest absolute Gasteiger partial charge is 0.491 e. The summed E-state index contributed by atoms with van der Waals surface area (Å²) in [5.41, 5.74) is 7.32. The molecule has 28 heavy (non-hydrogen) atoms. The molecule has 3 unspecified atom stereocenters. The molecule has 150 valence electrons. The molecule has 2 aliphatic rings. The van der Waals surface area contributed by atoms with Gasteiger partial charge in [-0.05, 0) is 31.0 Å². The quantitative estimate of drug-likeness (QED) is 0.775. The topological polar surface area (TPSA) is 66.6 Å². The third-order valence-electron chi connectivity index (χ3n) is 5.94. The summed E-state index contributed by atoms with van der Waals surface area (Å²) in [4.78, 5) is 4.98. The van der Waals surface area contributed by atoms with Gasteiger partial charge in [-0.15, -0.1) is 0 Å². The molecular formula is C22H30N3O3+. The van der Waals surface area contributed by atoms with Gasteiger partial charge < -0.3 is 19.9 Å². The van der Waals surface area contributed by atoms with Crippen molar-refractivity contribution in [3.8, 4) is 11.6 Å². The van der Waals surface area contributed by atoms with Crippen LogP contribution in [0.25, 0.3) is 0 Å². The second-order valence-electron chi connectivity index (χ2n) is 7.73. The number of ether oxygens (including phenoxy) is 3. The number of methoxy groups -OCH3 is 1. The van der Waals surface area contributed by atoms with Crippen molar-refractivity contribution >= 4 is 11.5 Å². The van der Waals surface area contributed by atoms with Crippen molar-refractivity contribution in [2.24, 2.45) is 11.7 Å². The molecule has 2 N–H and O–H groups in total. The molecule has 1 aromatic carbocycles. The van der Waals surface area contributed by atoms with Crippen LogP contribution in [0.4, 0.5) is 11.5 Å².